The van der Waals surface area contributed by atoms with Crippen molar-refractivity contribution in [1.29, 1.82) is 0 Å². The van der Waals surface area contributed by atoms with Crippen LogP contribution in [-0.2, 0) is 12.6 Å². The lowest BCUT2D eigenvalue weighted by Gasteiger charge is -2.17. The van der Waals surface area contributed by atoms with Gasteiger partial charge in [0.2, 0.25) is 0 Å². The Morgan fingerprint density at radius 3 is 2.20 bits per heavy atom. The minimum atomic E-state index is -4.34. The third-order valence-corrected chi connectivity index (χ3v) is 4.00. The molecule has 0 amide bonds. The van der Waals surface area contributed by atoms with Crippen LogP contribution >= 0.6 is 27.5 Å². The van der Waals surface area contributed by atoms with Gasteiger partial charge in [-0.15, -0.1) is 0 Å². The number of hydrogen-bond acceptors (Lipinski definition) is 0. The topological polar surface area (TPSA) is 0 Å². The van der Waals surface area contributed by atoms with E-state index in [1.807, 2.05) is 12.1 Å². The fourth-order valence-electron chi connectivity index (χ4n) is 1.97. The fraction of sp³-hybridized carbons (Fsp3) is 0.200. The number of benzene rings is 2. The van der Waals surface area contributed by atoms with Crippen molar-refractivity contribution in [2.45, 2.75) is 17.4 Å². The average Bonchev–Trinajstić information content (AvgIpc) is 2.40. The van der Waals surface area contributed by atoms with Crippen LogP contribution in [0.25, 0.3) is 0 Å². The minimum Gasteiger partial charge on any atom is -0.166 e. The molecular formula is C15H11BrClF3. The molecule has 0 N–H and O–H groups in total. The highest BCUT2D eigenvalue weighted by Gasteiger charge is 2.34. The summed E-state index contributed by atoms with van der Waals surface area (Å²) in [5.74, 6) is 0. The third kappa shape index (κ3) is 3.76. The highest BCUT2D eigenvalue weighted by Crippen LogP contribution is 2.38. The van der Waals surface area contributed by atoms with Crippen LogP contribution in [0.1, 0.15) is 21.5 Å². The molecule has 0 fully saturated rings. The second-order valence-corrected chi connectivity index (χ2v) is 5.92. The molecule has 0 aromatic heterocycles. The molecule has 5 heteroatoms. The summed E-state index contributed by atoms with van der Waals surface area (Å²) in [7, 11) is 0. The molecular weight excluding hydrogens is 353 g/mol. The second kappa shape index (κ2) is 6.19. The van der Waals surface area contributed by atoms with E-state index in [9.17, 15) is 13.2 Å². The summed E-state index contributed by atoms with van der Waals surface area (Å²) in [6, 6.07) is 12.7. The summed E-state index contributed by atoms with van der Waals surface area (Å²) in [5, 5.41) is 0.607. The summed E-state index contributed by atoms with van der Waals surface area (Å²) in [5.41, 5.74) is 0.569. The molecule has 2 aromatic carbocycles. The largest absolute Gasteiger partial charge is 0.416 e. The Labute approximate surface area is 128 Å². The smallest absolute Gasteiger partial charge is 0.166 e. The summed E-state index contributed by atoms with van der Waals surface area (Å²) in [4.78, 5) is -0.401. The van der Waals surface area contributed by atoms with Crippen LogP contribution in [0, 0.1) is 0 Å². The Balaban J connectivity index is 2.25. The molecule has 0 aliphatic heterocycles. The molecule has 0 radical (unpaired) electrons. The van der Waals surface area contributed by atoms with E-state index >= 15 is 0 Å². The van der Waals surface area contributed by atoms with E-state index in [2.05, 4.69) is 15.9 Å². The van der Waals surface area contributed by atoms with E-state index < -0.39 is 16.6 Å². The lowest BCUT2D eigenvalue weighted by Crippen LogP contribution is -2.10. The van der Waals surface area contributed by atoms with Crippen LogP contribution in [0.3, 0.4) is 0 Å². The summed E-state index contributed by atoms with van der Waals surface area (Å²) < 4.78 is 38.9. The first kappa shape index (κ1) is 15.4. The van der Waals surface area contributed by atoms with Crippen LogP contribution in [0.4, 0.5) is 13.2 Å². The van der Waals surface area contributed by atoms with Crippen molar-refractivity contribution in [3.63, 3.8) is 0 Å². The predicted octanol–water partition coefficient (Wildman–Crippen LogP) is 6.04. The molecule has 0 aliphatic carbocycles. The van der Waals surface area contributed by atoms with Crippen LogP contribution in [-0.4, -0.2) is 0 Å². The molecule has 20 heavy (non-hydrogen) atoms. The number of halogens is 5. The summed E-state index contributed by atoms with van der Waals surface area (Å²) >= 11 is 9.14. The maximum atomic E-state index is 13.0. The maximum Gasteiger partial charge on any atom is 0.416 e. The van der Waals surface area contributed by atoms with Crippen LogP contribution in [0.2, 0.25) is 5.02 Å². The highest BCUT2D eigenvalue weighted by molar-refractivity contribution is 9.09. The zero-order valence-electron chi connectivity index (χ0n) is 10.3. The van der Waals surface area contributed by atoms with Crippen molar-refractivity contribution in [3.05, 3.63) is 70.2 Å². The summed E-state index contributed by atoms with van der Waals surface area (Å²) in [6.07, 6.45) is -3.88. The van der Waals surface area contributed by atoms with E-state index in [1.54, 1.807) is 18.2 Å². The molecule has 0 bridgehead atoms. The zero-order valence-corrected chi connectivity index (χ0v) is 12.6. The fourth-order valence-corrected chi connectivity index (χ4v) is 2.86. The van der Waals surface area contributed by atoms with Gasteiger partial charge in [0, 0.05) is 9.85 Å². The molecule has 0 spiro atoms. The molecule has 2 aromatic rings. The average molecular weight is 364 g/mol. The molecule has 1 atom stereocenters. The van der Waals surface area contributed by atoms with Crippen molar-refractivity contribution in [2.75, 3.05) is 0 Å². The Hall–Kier alpha value is -1.00. The van der Waals surface area contributed by atoms with Gasteiger partial charge in [-0.1, -0.05) is 57.9 Å². The molecule has 0 heterocycles. The SMILES string of the molecule is FC(F)(F)c1ccccc1C(Br)Cc1ccc(Cl)cc1. The van der Waals surface area contributed by atoms with E-state index in [4.69, 9.17) is 11.6 Å². The maximum absolute atomic E-state index is 13.0. The number of alkyl halides is 4. The van der Waals surface area contributed by atoms with Gasteiger partial charge in [-0.2, -0.15) is 13.2 Å². The highest BCUT2D eigenvalue weighted by atomic mass is 79.9. The van der Waals surface area contributed by atoms with Crippen LogP contribution < -0.4 is 0 Å². The van der Waals surface area contributed by atoms with Gasteiger partial charge < -0.3 is 0 Å². The lowest BCUT2D eigenvalue weighted by molar-refractivity contribution is -0.138. The zero-order chi connectivity index (χ0) is 14.8. The third-order valence-electron chi connectivity index (χ3n) is 2.93. The van der Waals surface area contributed by atoms with Gasteiger partial charge in [0.15, 0.2) is 0 Å². The van der Waals surface area contributed by atoms with Crippen molar-refractivity contribution in [1.82, 2.24) is 0 Å². The molecule has 2 rings (SSSR count). The standard InChI is InChI=1S/C15H11BrClF3/c16-14(9-10-5-7-11(17)8-6-10)12-3-1-2-4-13(12)15(18,19)20/h1-8,14H,9H2. The van der Waals surface area contributed by atoms with E-state index in [-0.39, 0.29) is 5.56 Å². The van der Waals surface area contributed by atoms with Crippen LogP contribution in [0.5, 0.6) is 0 Å². The van der Waals surface area contributed by atoms with Crippen molar-refractivity contribution in [2.24, 2.45) is 0 Å². The quantitative estimate of drug-likeness (QED) is 0.583. The Bertz CT molecular complexity index is 578. The van der Waals surface area contributed by atoms with E-state index in [0.29, 0.717) is 11.4 Å². The Morgan fingerprint density at radius 1 is 1.00 bits per heavy atom. The monoisotopic (exact) mass is 362 g/mol. The molecule has 0 aliphatic rings. The molecule has 106 valence electrons. The van der Waals surface area contributed by atoms with Gasteiger partial charge in [-0.3, -0.25) is 0 Å². The minimum absolute atomic E-state index is 0.245. The van der Waals surface area contributed by atoms with Crippen molar-refractivity contribution < 1.29 is 13.2 Å². The van der Waals surface area contributed by atoms with Gasteiger partial charge in [0.1, 0.15) is 0 Å². The van der Waals surface area contributed by atoms with Gasteiger partial charge in [0.25, 0.3) is 0 Å². The van der Waals surface area contributed by atoms with Gasteiger partial charge >= 0.3 is 6.18 Å². The van der Waals surface area contributed by atoms with Crippen molar-refractivity contribution in [3.8, 4) is 0 Å². The normalized spacial score (nSPS) is 13.2. The number of rotatable bonds is 3. The van der Waals surface area contributed by atoms with Gasteiger partial charge in [-0.05, 0) is 35.7 Å². The van der Waals surface area contributed by atoms with Crippen molar-refractivity contribution >= 4 is 27.5 Å². The second-order valence-electron chi connectivity index (χ2n) is 4.38. The van der Waals surface area contributed by atoms with Gasteiger partial charge in [-0.25, -0.2) is 0 Å². The van der Waals surface area contributed by atoms with E-state index in [1.165, 1.54) is 12.1 Å². The Kier molecular flexibility index (Phi) is 4.76. The molecule has 0 nitrogen and oxygen atoms in total. The first-order valence-electron chi connectivity index (χ1n) is 5.92. The van der Waals surface area contributed by atoms with Crippen LogP contribution in [0.15, 0.2) is 48.5 Å². The molecule has 1 unspecified atom stereocenters. The number of hydrogen-bond donors (Lipinski definition) is 0. The molecule has 0 saturated carbocycles. The first-order chi connectivity index (χ1) is 9.38. The van der Waals surface area contributed by atoms with Gasteiger partial charge in [0.05, 0.1) is 5.56 Å². The molecule has 0 saturated heterocycles. The Morgan fingerprint density at radius 2 is 1.60 bits per heavy atom. The first-order valence-corrected chi connectivity index (χ1v) is 7.22. The predicted molar refractivity (Wildman–Crippen MR) is 78.3 cm³/mol. The lowest BCUT2D eigenvalue weighted by atomic mass is 9.99. The summed E-state index contributed by atoms with van der Waals surface area (Å²) in [6.45, 7) is 0. The van der Waals surface area contributed by atoms with E-state index in [0.717, 1.165) is 11.6 Å².